The Bertz CT molecular complexity index is 941. The lowest BCUT2D eigenvalue weighted by molar-refractivity contribution is -0.118. The predicted molar refractivity (Wildman–Crippen MR) is 116 cm³/mol. The van der Waals surface area contributed by atoms with Crippen molar-refractivity contribution >= 4 is 19.2 Å². The van der Waals surface area contributed by atoms with E-state index in [4.69, 9.17) is 18.5 Å². The average Bonchev–Trinajstić information content (AvgIpc) is 2.70. The quantitative estimate of drug-likeness (QED) is 0.571. The Balaban J connectivity index is 1.73. The number of benzene rings is 2. The van der Waals surface area contributed by atoms with E-state index in [9.17, 15) is 9.36 Å². The molecule has 0 bridgehead atoms. The molecule has 8 heteroatoms. The molecular formula is C22H28NO6P. The van der Waals surface area contributed by atoms with Gasteiger partial charge in [-0.15, -0.1) is 0 Å². The molecule has 0 atom stereocenters. The van der Waals surface area contributed by atoms with Crippen LogP contribution in [0.4, 0.5) is 5.69 Å². The smallest absolute Gasteiger partial charge is 0.367 e. The number of hydrogen-bond acceptors (Lipinski definition) is 6. The number of nitrogens with one attached hydrogen (secondary N) is 1. The molecule has 2 aromatic rings. The molecular weight excluding hydrogens is 405 g/mol. The second-order valence-corrected chi connectivity index (χ2v) is 9.10. The van der Waals surface area contributed by atoms with Crippen LogP contribution in [-0.4, -0.2) is 32.1 Å². The largest absolute Gasteiger partial charge is 0.482 e. The van der Waals surface area contributed by atoms with Crippen LogP contribution < -0.4 is 14.8 Å². The van der Waals surface area contributed by atoms with Gasteiger partial charge in [0.1, 0.15) is 11.5 Å². The van der Waals surface area contributed by atoms with E-state index in [0.717, 1.165) is 23.1 Å². The summed E-state index contributed by atoms with van der Waals surface area (Å²) in [6.45, 7) is 8.22. The van der Waals surface area contributed by atoms with E-state index in [-0.39, 0.29) is 18.9 Å². The molecule has 0 unspecified atom stereocenters. The van der Waals surface area contributed by atoms with Crippen molar-refractivity contribution in [3.05, 3.63) is 52.6 Å². The van der Waals surface area contributed by atoms with Crippen molar-refractivity contribution < 1.29 is 27.9 Å². The van der Waals surface area contributed by atoms with Gasteiger partial charge in [-0.25, -0.2) is 0 Å². The minimum Gasteiger partial charge on any atom is -0.482 e. The minimum atomic E-state index is -3.26. The van der Waals surface area contributed by atoms with Crippen LogP contribution in [0.5, 0.6) is 11.5 Å². The molecule has 7 nitrogen and oxygen atoms in total. The highest BCUT2D eigenvalue weighted by Crippen LogP contribution is 2.48. The summed E-state index contributed by atoms with van der Waals surface area (Å²) in [6, 6.07) is 9.66. The summed E-state index contributed by atoms with van der Waals surface area (Å²) in [5.41, 5.74) is 5.10. The van der Waals surface area contributed by atoms with Crippen LogP contribution in [0.1, 0.15) is 36.1 Å². The predicted octanol–water partition coefficient (Wildman–Crippen LogP) is 4.83. The van der Waals surface area contributed by atoms with Crippen molar-refractivity contribution in [3.63, 3.8) is 0 Å². The molecule has 2 aromatic carbocycles. The molecule has 162 valence electrons. The van der Waals surface area contributed by atoms with E-state index in [2.05, 4.69) is 5.32 Å². The fraction of sp³-hybridized carbons (Fsp3) is 0.409. The van der Waals surface area contributed by atoms with Gasteiger partial charge in [0.15, 0.2) is 13.0 Å². The van der Waals surface area contributed by atoms with Crippen molar-refractivity contribution in [2.24, 2.45) is 0 Å². The molecule has 3 rings (SSSR count). The minimum absolute atomic E-state index is 0.0356. The number of anilines is 1. The second-order valence-electron chi connectivity index (χ2n) is 7.10. The summed E-state index contributed by atoms with van der Waals surface area (Å²) in [6.07, 6.45) is 0.597. The Morgan fingerprint density at radius 3 is 2.37 bits per heavy atom. The molecule has 1 heterocycles. The highest BCUT2D eigenvalue weighted by Gasteiger charge is 2.25. The van der Waals surface area contributed by atoms with Gasteiger partial charge in [0.05, 0.1) is 18.9 Å². The van der Waals surface area contributed by atoms with Gasteiger partial charge in [-0.1, -0.05) is 6.07 Å². The average molecular weight is 433 g/mol. The van der Waals surface area contributed by atoms with E-state index >= 15 is 0 Å². The molecule has 30 heavy (non-hydrogen) atoms. The molecule has 0 saturated heterocycles. The second kappa shape index (κ2) is 9.65. The zero-order chi connectivity index (χ0) is 21.7. The van der Waals surface area contributed by atoms with Crippen molar-refractivity contribution in [2.75, 3.05) is 31.5 Å². The number of aryl methyl sites for hydroxylation is 2. The van der Waals surface area contributed by atoms with Gasteiger partial charge >= 0.3 is 7.60 Å². The van der Waals surface area contributed by atoms with Crippen molar-refractivity contribution in [1.82, 2.24) is 0 Å². The summed E-state index contributed by atoms with van der Waals surface area (Å²) in [5.74, 6) is 1.17. The maximum Gasteiger partial charge on any atom is 0.367 e. The molecule has 0 aromatic heterocycles. The first-order chi connectivity index (χ1) is 14.3. The fourth-order valence-electron chi connectivity index (χ4n) is 3.41. The number of carbonyl (C=O) groups is 1. The number of rotatable bonds is 9. The molecule has 0 fully saturated rings. The summed E-state index contributed by atoms with van der Waals surface area (Å²) in [7, 11) is -3.26. The fourth-order valence-corrected chi connectivity index (χ4v) is 4.73. The molecule has 1 aliphatic rings. The number of hydrogen-bond donors (Lipinski definition) is 1. The van der Waals surface area contributed by atoms with E-state index < -0.39 is 7.60 Å². The van der Waals surface area contributed by atoms with Crippen LogP contribution in [0.25, 0.3) is 0 Å². The van der Waals surface area contributed by atoms with Gasteiger partial charge in [0.25, 0.3) is 5.91 Å². The maximum absolute atomic E-state index is 12.6. The number of ether oxygens (including phenoxy) is 2. The van der Waals surface area contributed by atoms with Crippen molar-refractivity contribution in [3.8, 4) is 11.5 Å². The van der Waals surface area contributed by atoms with Crippen LogP contribution in [0, 0.1) is 13.8 Å². The summed E-state index contributed by atoms with van der Waals surface area (Å²) in [5, 5.41) is 2.80. The van der Waals surface area contributed by atoms with Gasteiger partial charge in [0.2, 0.25) is 0 Å². The lowest BCUT2D eigenvalue weighted by Gasteiger charge is -2.20. The lowest BCUT2D eigenvalue weighted by Crippen LogP contribution is -2.25. The van der Waals surface area contributed by atoms with Crippen molar-refractivity contribution in [2.45, 2.75) is 34.1 Å². The van der Waals surface area contributed by atoms with Crippen LogP contribution in [-0.2, 0) is 24.8 Å². The zero-order valence-corrected chi connectivity index (χ0v) is 18.7. The van der Waals surface area contributed by atoms with Crippen LogP contribution in [0.3, 0.4) is 0 Å². The summed E-state index contributed by atoms with van der Waals surface area (Å²) in [4.78, 5) is 11.4. The normalized spacial score (nSPS) is 13.4. The highest BCUT2D eigenvalue weighted by atomic mass is 31.2. The molecule has 0 radical (unpaired) electrons. The third-order valence-corrected chi connectivity index (χ3v) is 6.52. The zero-order valence-electron chi connectivity index (χ0n) is 17.8. The Morgan fingerprint density at radius 2 is 1.73 bits per heavy atom. The summed E-state index contributed by atoms with van der Waals surface area (Å²) >= 11 is 0. The molecule has 0 spiro atoms. The van der Waals surface area contributed by atoms with Gasteiger partial charge < -0.3 is 23.8 Å². The topological polar surface area (TPSA) is 83.1 Å². The summed E-state index contributed by atoms with van der Waals surface area (Å²) < 4.78 is 34.4. The molecule has 0 aliphatic carbocycles. The van der Waals surface area contributed by atoms with E-state index in [1.54, 1.807) is 13.8 Å². The van der Waals surface area contributed by atoms with E-state index in [0.29, 0.717) is 30.4 Å². The SMILES string of the molecule is CCOP(=O)(COc1cc(C)c(Cc2ccc3c(c2)OCC(=O)N3)c(C)c1)OCC. The Morgan fingerprint density at radius 1 is 1.07 bits per heavy atom. The molecule has 1 N–H and O–H groups in total. The molecule has 1 amide bonds. The van der Waals surface area contributed by atoms with Gasteiger partial charge in [-0.05, 0) is 80.6 Å². The van der Waals surface area contributed by atoms with Gasteiger partial charge in [-0.3, -0.25) is 9.36 Å². The Hall–Kier alpha value is -2.34. The number of carbonyl (C=O) groups excluding carboxylic acids is 1. The van der Waals surface area contributed by atoms with Crippen LogP contribution >= 0.6 is 7.60 Å². The highest BCUT2D eigenvalue weighted by molar-refractivity contribution is 7.53. The number of amides is 1. The maximum atomic E-state index is 12.6. The van der Waals surface area contributed by atoms with Crippen molar-refractivity contribution in [1.29, 1.82) is 0 Å². The Kier molecular flexibility index (Phi) is 7.19. The number of fused-ring (bicyclic) bond motifs is 1. The Labute approximate surface area is 177 Å². The van der Waals surface area contributed by atoms with E-state index in [1.807, 2.05) is 44.2 Å². The van der Waals surface area contributed by atoms with Crippen LogP contribution in [0.2, 0.25) is 0 Å². The first kappa shape index (κ1) is 22.3. The van der Waals surface area contributed by atoms with Gasteiger partial charge in [0, 0.05) is 0 Å². The third-order valence-electron chi connectivity index (χ3n) is 4.77. The first-order valence-electron chi connectivity index (χ1n) is 10.00. The molecule has 1 aliphatic heterocycles. The monoisotopic (exact) mass is 433 g/mol. The van der Waals surface area contributed by atoms with E-state index in [1.165, 1.54) is 5.56 Å². The molecule has 0 saturated carbocycles. The standard InChI is InChI=1S/C22H28NO6P/c1-5-28-30(25,29-6-2)14-27-18-9-15(3)19(16(4)10-18)11-17-7-8-20-21(12-17)26-13-22(24)23-20/h7-10,12H,5-6,11,13-14H2,1-4H3,(H,23,24). The third kappa shape index (κ3) is 5.42. The lowest BCUT2D eigenvalue weighted by atomic mass is 9.95. The first-order valence-corrected chi connectivity index (χ1v) is 11.7. The van der Waals surface area contributed by atoms with Gasteiger partial charge in [-0.2, -0.15) is 0 Å². The van der Waals surface area contributed by atoms with Crippen LogP contribution in [0.15, 0.2) is 30.3 Å².